The van der Waals surface area contributed by atoms with E-state index in [2.05, 4.69) is 15.5 Å². The summed E-state index contributed by atoms with van der Waals surface area (Å²) >= 11 is 1.26. The molecule has 0 bridgehead atoms. The maximum atomic E-state index is 14.0. The van der Waals surface area contributed by atoms with Crippen LogP contribution in [0.15, 0.2) is 67.0 Å². The lowest BCUT2D eigenvalue weighted by Crippen LogP contribution is -2.10. The number of rotatable bonds is 5. The highest BCUT2D eigenvalue weighted by Gasteiger charge is 2.14. The lowest BCUT2D eigenvalue weighted by molar-refractivity contribution is 0.103. The van der Waals surface area contributed by atoms with Crippen LogP contribution in [0.4, 0.5) is 10.1 Å². The number of hydrogen-bond donors (Lipinski definition) is 1. The van der Waals surface area contributed by atoms with Crippen molar-refractivity contribution in [2.75, 3.05) is 5.32 Å². The number of amides is 1. The average molecular weight is 392 g/mol. The summed E-state index contributed by atoms with van der Waals surface area (Å²) in [4.78, 5) is 13.9. The van der Waals surface area contributed by atoms with Gasteiger partial charge in [0.25, 0.3) is 5.91 Å². The number of nitrogens with one attached hydrogen (secondary N) is 1. The van der Waals surface area contributed by atoms with Crippen LogP contribution in [0.25, 0.3) is 21.8 Å². The van der Waals surface area contributed by atoms with E-state index in [0.29, 0.717) is 21.0 Å². The summed E-state index contributed by atoms with van der Waals surface area (Å²) in [5.41, 5.74) is 2.02. The van der Waals surface area contributed by atoms with Gasteiger partial charge in [-0.15, -0.1) is 21.5 Å². The Kier molecular flexibility index (Phi) is 4.99. The number of halogens is 1. The first-order chi connectivity index (χ1) is 13.7. The summed E-state index contributed by atoms with van der Waals surface area (Å²) in [5, 5.41) is 11.0. The molecule has 2 heterocycles. The van der Waals surface area contributed by atoms with E-state index in [-0.39, 0.29) is 11.7 Å². The molecule has 1 amide bonds. The second-order valence-corrected chi connectivity index (χ2v) is 7.20. The summed E-state index contributed by atoms with van der Waals surface area (Å²) in [6.45, 7) is 2.77. The zero-order chi connectivity index (χ0) is 19.5. The van der Waals surface area contributed by atoms with Crippen LogP contribution in [-0.2, 0) is 6.54 Å². The maximum absolute atomic E-state index is 14.0. The number of carbonyl (C=O) groups is 1. The third-order valence-corrected chi connectivity index (χ3v) is 5.42. The molecular weight excluding hydrogens is 375 g/mol. The van der Waals surface area contributed by atoms with Crippen LogP contribution in [0.3, 0.4) is 0 Å². The first kappa shape index (κ1) is 18.1. The number of nitrogens with zero attached hydrogens (tertiary/aromatic N) is 3. The van der Waals surface area contributed by atoms with Crippen LogP contribution in [-0.4, -0.2) is 20.7 Å². The minimum Gasteiger partial charge on any atom is -0.321 e. The zero-order valence-electron chi connectivity index (χ0n) is 15.1. The van der Waals surface area contributed by atoms with Crippen LogP contribution in [0.1, 0.15) is 16.6 Å². The molecule has 0 aliphatic carbocycles. The Balaban J connectivity index is 1.55. The fraction of sp³-hybridized carbons (Fsp3) is 0.0952. The van der Waals surface area contributed by atoms with Crippen LogP contribution in [0.5, 0.6) is 0 Å². The average Bonchev–Trinajstić information content (AvgIpc) is 3.38. The predicted octanol–water partition coefficient (Wildman–Crippen LogP) is 5.08. The molecule has 4 rings (SSSR count). The standard InChI is InChI=1S/C21H17FN4OS/c1-2-26-13-23-25-20(26)14-6-5-7-15(12-14)24-21(27)19-11-10-18(28-19)16-8-3-4-9-17(16)22/h3-13H,2H2,1H3,(H,24,27). The smallest absolute Gasteiger partial charge is 0.265 e. The molecule has 1 N–H and O–H groups in total. The van der Waals surface area contributed by atoms with Gasteiger partial charge in [-0.2, -0.15) is 0 Å². The third kappa shape index (κ3) is 3.57. The van der Waals surface area contributed by atoms with E-state index in [4.69, 9.17) is 0 Å². The molecule has 0 radical (unpaired) electrons. The van der Waals surface area contributed by atoms with Crippen LogP contribution in [0.2, 0.25) is 0 Å². The highest BCUT2D eigenvalue weighted by molar-refractivity contribution is 7.17. The molecule has 0 unspecified atom stereocenters. The van der Waals surface area contributed by atoms with Crippen LogP contribution in [0, 0.1) is 5.82 Å². The van der Waals surface area contributed by atoms with Crippen molar-refractivity contribution in [1.82, 2.24) is 14.8 Å². The molecule has 5 nitrogen and oxygen atoms in total. The Labute approximate surface area is 165 Å². The molecule has 0 saturated heterocycles. The van der Waals surface area contributed by atoms with Gasteiger partial charge >= 0.3 is 0 Å². The monoisotopic (exact) mass is 392 g/mol. The van der Waals surface area contributed by atoms with Crippen molar-refractivity contribution in [2.45, 2.75) is 13.5 Å². The second kappa shape index (κ2) is 7.74. The lowest BCUT2D eigenvalue weighted by Gasteiger charge is -2.07. The van der Waals surface area contributed by atoms with Gasteiger partial charge in [-0.05, 0) is 37.3 Å². The largest absolute Gasteiger partial charge is 0.321 e. The first-order valence-electron chi connectivity index (χ1n) is 8.80. The quantitative estimate of drug-likeness (QED) is 0.515. The van der Waals surface area contributed by atoms with Crippen molar-refractivity contribution < 1.29 is 9.18 Å². The van der Waals surface area contributed by atoms with Crippen molar-refractivity contribution in [1.29, 1.82) is 0 Å². The minimum absolute atomic E-state index is 0.235. The number of aromatic nitrogens is 3. The number of benzene rings is 2. The second-order valence-electron chi connectivity index (χ2n) is 6.12. The third-order valence-electron chi connectivity index (χ3n) is 4.30. The molecule has 0 aliphatic rings. The van der Waals surface area contributed by atoms with Crippen molar-refractivity contribution >= 4 is 22.9 Å². The molecule has 2 aromatic heterocycles. The molecule has 2 aromatic carbocycles. The van der Waals surface area contributed by atoms with E-state index < -0.39 is 0 Å². The van der Waals surface area contributed by atoms with Crippen molar-refractivity contribution in [3.63, 3.8) is 0 Å². The van der Waals surface area contributed by atoms with Gasteiger partial charge in [-0.3, -0.25) is 4.79 Å². The number of anilines is 1. The highest BCUT2D eigenvalue weighted by Crippen LogP contribution is 2.30. The Morgan fingerprint density at radius 3 is 2.82 bits per heavy atom. The number of hydrogen-bond acceptors (Lipinski definition) is 4. The Morgan fingerprint density at radius 1 is 1.14 bits per heavy atom. The van der Waals surface area contributed by atoms with Crippen molar-refractivity contribution in [2.24, 2.45) is 0 Å². The number of thiophene rings is 1. The van der Waals surface area contributed by atoms with Gasteiger partial charge in [0, 0.05) is 28.2 Å². The van der Waals surface area contributed by atoms with E-state index in [0.717, 1.165) is 17.9 Å². The Hall–Kier alpha value is -3.32. The van der Waals surface area contributed by atoms with Gasteiger partial charge in [-0.1, -0.05) is 30.3 Å². The SMILES string of the molecule is CCn1cnnc1-c1cccc(NC(=O)c2ccc(-c3ccccc3F)s2)c1. The molecule has 0 fully saturated rings. The molecule has 0 aliphatic heterocycles. The maximum Gasteiger partial charge on any atom is 0.265 e. The molecule has 0 saturated carbocycles. The van der Waals surface area contributed by atoms with E-state index in [1.807, 2.05) is 35.8 Å². The fourth-order valence-electron chi connectivity index (χ4n) is 2.90. The summed E-state index contributed by atoms with van der Waals surface area (Å²) in [7, 11) is 0. The molecule has 0 spiro atoms. The molecular formula is C21H17FN4OS. The Bertz CT molecular complexity index is 1130. The summed E-state index contributed by atoms with van der Waals surface area (Å²) in [6.07, 6.45) is 1.68. The lowest BCUT2D eigenvalue weighted by atomic mass is 10.2. The van der Waals surface area contributed by atoms with Gasteiger partial charge in [0.1, 0.15) is 12.1 Å². The predicted molar refractivity (Wildman–Crippen MR) is 109 cm³/mol. The topological polar surface area (TPSA) is 59.8 Å². The minimum atomic E-state index is -0.302. The molecule has 140 valence electrons. The van der Waals surface area contributed by atoms with E-state index >= 15 is 0 Å². The van der Waals surface area contributed by atoms with E-state index in [9.17, 15) is 9.18 Å². The van der Waals surface area contributed by atoms with Gasteiger partial charge < -0.3 is 9.88 Å². The normalized spacial score (nSPS) is 10.8. The van der Waals surface area contributed by atoms with Crippen molar-refractivity contribution in [3.05, 3.63) is 77.7 Å². The molecule has 4 aromatic rings. The number of aryl methyl sites for hydroxylation is 1. The van der Waals surface area contributed by atoms with E-state index in [1.54, 1.807) is 36.7 Å². The number of carbonyl (C=O) groups excluding carboxylic acids is 1. The van der Waals surface area contributed by atoms with Gasteiger partial charge in [-0.25, -0.2) is 4.39 Å². The van der Waals surface area contributed by atoms with Crippen molar-refractivity contribution in [3.8, 4) is 21.8 Å². The first-order valence-corrected chi connectivity index (χ1v) is 9.61. The van der Waals surface area contributed by atoms with Gasteiger partial charge in [0.15, 0.2) is 5.82 Å². The van der Waals surface area contributed by atoms with Gasteiger partial charge in [0.2, 0.25) is 0 Å². The van der Waals surface area contributed by atoms with Crippen LogP contribution < -0.4 is 5.32 Å². The summed E-state index contributed by atoms with van der Waals surface area (Å²) in [5.74, 6) is 0.210. The van der Waals surface area contributed by atoms with Gasteiger partial charge in [0.05, 0.1) is 4.88 Å². The molecule has 7 heteroatoms. The summed E-state index contributed by atoms with van der Waals surface area (Å²) < 4.78 is 15.9. The molecule has 28 heavy (non-hydrogen) atoms. The Morgan fingerprint density at radius 2 is 2.00 bits per heavy atom. The fourth-order valence-corrected chi connectivity index (χ4v) is 3.83. The zero-order valence-corrected chi connectivity index (χ0v) is 15.9. The molecule has 0 atom stereocenters. The van der Waals surface area contributed by atoms with Crippen LogP contribution >= 0.6 is 11.3 Å². The summed E-state index contributed by atoms with van der Waals surface area (Å²) in [6, 6.07) is 17.5. The highest BCUT2D eigenvalue weighted by atomic mass is 32.1. The van der Waals surface area contributed by atoms with E-state index in [1.165, 1.54) is 17.4 Å².